The van der Waals surface area contributed by atoms with E-state index in [4.69, 9.17) is 10.5 Å². The van der Waals surface area contributed by atoms with Crippen LogP contribution in [0.2, 0.25) is 0 Å². The number of esters is 1. The van der Waals surface area contributed by atoms with Gasteiger partial charge in [0, 0.05) is 37.4 Å². The van der Waals surface area contributed by atoms with Crippen LogP contribution in [0.25, 0.3) is 17.2 Å². The summed E-state index contributed by atoms with van der Waals surface area (Å²) >= 11 is 0. The van der Waals surface area contributed by atoms with Gasteiger partial charge < -0.3 is 25.8 Å². The quantitative estimate of drug-likeness (QED) is 0.392. The molecule has 1 unspecified atom stereocenters. The van der Waals surface area contributed by atoms with E-state index < -0.39 is 0 Å². The van der Waals surface area contributed by atoms with Gasteiger partial charge in [0.2, 0.25) is 5.91 Å². The third-order valence-electron chi connectivity index (χ3n) is 7.15. The summed E-state index contributed by atoms with van der Waals surface area (Å²) in [6, 6.07) is 14.1. The number of amides is 1. The summed E-state index contributed by atoms with van der Waals surface area (Å²) in [4.78, 5) is 27.2. The molecule has 1 atom stereocenters. The third kappa shape index (κ3) is 7.21. The van der Waals surface area contributed by atoms with Crippen molar-refractivity contribution in [2.75, 3.05) is 31.6 Å². The van der Waals surface area contributed by atoms with Gasteiger partial charge in [0.05, 0.1) is 19.2 Å². The van der Waals surface area contributed by atoms with Gasteiger partial charge in [-0.15, -0.1) is 0 Å². The molecule has 198 valence electrons. The van der Waals surface area contributed by atoms with Crippen LogP contribution in [0, 0.1) is 5.92 Å². The molecule has 0 saturated heterocycles. The number of hydrogen-bond donors (Lipinski definition) is 3. The van der Waals surface area contributed by atoms with Crippen molar-refractivity contribution < 1.29 is 19.4 Å². The van der Waals surface area contributed by atoms with Crippen LogP contribution < -0.4 is 11.1 Å². The minimum Gasteiger partial charge on any atom is -0.465 e. The Balaban J connectivity index is 1.46. The molecule has 7 heteroatoms. The predicted octanol–water partition coefficient (Wildman–Crippen LogP) is 4.34. The molecular weight excluding hydrogens is 466 g/mol. The highest BCUT2D eigenvalue weighted by molar-refractivity contribution is 5.99. The zero-order valence-corrected chi connectivity index (χ0v) is 21.7. The maximum atomic E-state index is 13.3. The SMILES string of the molecule is CCCN(CCCO)C(=O)C1=Cc2ccc(-c3ccc(CC(=O)OCC4CCC4)cc3)cc2NC(N)C1. The smallest absolute Gasteiger partial charge is 0.310 e. The number of nitrogens with one attached hydrogen (secondary N) is 1. The average molecular weight is 506 g/mol. The number of nitrogens with two attached hydrogens (primary N) is 1. The fourth-order valence-electron chi connectivity index (χ4n) is 4.82. The lowest BCUT2D eigenvalue weighted by Gasteiger charge is -2.24. The summed E-state index contributed by atoms with van der Waals surface area (Å²) in [5.74, 6) is 0.354. The fourth-order valence-corrected chi connectivity index (χ4v) is 4.82. The molecule has 0 aromatic heterocycles. The van der Waals surface area contributed by atoms with Gasteiger partial charge in [-0.05, 0) is 66.0 Å². The summed E-state index contributed by atoms with van der Waals surface area (Å²) < 4.78 is 5.42. The van der Waals surface area contributed by atoms with Gasteiger partial charge in [-0.25, -0.2) is 0 Å². The minimum absolute atomic E-state index is 0.0220. The van der Waals surface area contributed by atoms with Crippen LogP contribution in [-0.2, 0) is 20.7 Å². The lowest BCUT2D eigenvalue weighted by molar-refractivity contribution is -0.145. The first-order valence-electron chi connectivity index (χ1n) is 13.5. The van der Waals surface area contributed by atoms with E-state index in [-0.39, 0.29) is 31.1 Å². The van der Waals surface area contributed by atoms with E-state index in [0.29, 0.717) is 44.0 Å². The van der Waals surface area contributed by atoms with Crippen molar-refractivity contribution in [2.45, 2.75) is 58.0 Å². The average Bonchev–Trinajstić information content (AvgIpc) is 3.03. The van der Waals surface area contributed by atoms with Crippen molar-refractivity contribution >= 4 is 23.6 Å². The second kappa shape index (κ2) is 12.9. The molecule has 7 nitrogen and oxygen atoms in total. The molecule has 4 N–H and O–H groups in total. The Labute approximate surface area is 219 Å². The van der Waals surface area contributed by atoms with Crippen molar-refractivity contribution in [3.63, 3.8) is 0 Å². The van der Waals surface area contributed by atoms with Crippen LogP contribution >= 0.6 is 0 Å². The lowest BCUT2D eigenvalue weighted by Crippen LogP contribution is -2.37. The van der Waals surface area contributed by atoms with Crippen molar-refractivity contribution in [2.24, 2.45) is 11.7 Å². The van der Waals surface area contributed by atoms with Gasteiger partial charge in [0.1, 0.15) is 0 Å². The second-order valence-corrected chi connectivity index (χ2v) is 10.1. The topological polar surface area (TPSA) is 105 Å². The standard InChI is InChI=1S/C30H39N3O4/c1-2-13-33(14-4-15-34)30(36)26-17-25-12-11-24(18-27(25)32-28(31)19-26)23-9-7-21(8-10-23)16-29(35)37-20-22-5-3-6-22/h7-12,17-18,22,28,32,34H,2-6,13-16,19-20,31H2,1H3. The first-order chi connectivity index (χ1) is 18.0. The maximum absolute atomic E-state index is 13.3. The summed E-state index contributed by atoms with van der Waals surface area (Å²) in [5, 5.41) is 12.6. The number of fused-ring (bicyclic) bond motifs is 1. The van der Waals surface area contributed by atoms with Crippen LogP contribution in [0.3, 0.4) is 0 Å². The molecule has 2 aliphatic rings. The van der Waals surface area contributed by atoms with Gasteiger partial charge in [-0.2, -0.15) is 0 Å². The number of benzene rings is 2. The van der Waals surface area contributed by atoms with Gasteiger partial charge in [0.15, 0.2) is 0 Å². The molecule has 1 heterocycles. The fraction of sp³-hybridized carbons (Fsp3) is 0.467. The van der Waals surface area contributed by atoms with E-state index >= 15 is 0 Å². The first-order valence-corrected chi connectivity index (χ1v) is 13.5. The summed E-state index contributed by atoms with van der Waals surface area (Å²) in [7, 11) is 0. The first kappa shape index (κ1) is 26.9. The number of nitrogens with zero attached hydrogens (tertiary/aromatic N) is 1. The van der Waals surface area contributed by atoms with Crippen LogP contribution in [0.15, 0.2) is 48.0 Å². The van der Waals surface area contributed by atoms with Gasteiger partial charge >= 0.3 is 5.97 Å². The Bertz CT molecular complexity index is 1110. The molecule has 37 heavy (non-hydrogen) atoms. The molecule has 2 aromatic rings. The number of hydrogen-bond acceptors (Lipinski definition) is 6. The Kier molecular flexibility index (Phi) is 9.36. The van der Waals surface area contributed by atoms with E-state index in [1.165, 1.54) is 6.42 Å². The van der Waals surface area contributed by atoms with Crippen molar-refractivity contribution in [3.8, 4) is 11.1 Å². The number of carbonyl (C=O) groups is 2. The number of carbonyl (C=O) groups excluding carboxylic acids is 2. The predicted molar refractivity (Wildman–Crippen MR) is 147 cm³/mol. The van der Waals surface area contributed by atoms with E-state index in [1.807, 2.05) is 49.4 Å². The summed E-state index contributed by atoms with van der Waals surface area (Å²) in [6.07, 6.45) is 7.24. The minimum atomic E-state index is -0.388. The van der Waals surface area contributed by atoms with Crippen LogP contribution in [0.5, 0.6) is 0 Å². The molecule has 1 saturated carbocycles. The highest BCUT2D eigenvalue weighted by atomic mass is 16.5. The summed E-state index contributed by atoms with van der Waals surface area (Å²) in [5.41, 5.74) is 11.8. The Morgan fingerprint density at radius 1 is 1.11 bits per heavy atom. The molecule has 0 radical (unpaired) electrons. The van der Waals surface area contributed by atoms with Gasteiger partial charge in [0.25, 0.3) is 0 Å². The molecule has 1 aliphatic carbocycles. The van der Waals surface area contributed by atoms with Gasteiger partial charge in [-0.3, -0.25) is 9.59 Å². The Hall–Kier alpha value is -3.16. The highest BCUT2D eigenvalue weighted by Gasteiger charge is 2.23. The van der Waals surface area contributed by atoms with Crippen molar-refractivity contribution in [3.05, 3.63) is 59.2 Å². The van der Waals surface area contributed by atoms with Gasteiger partial charge in [-0.1, -0.05) is 49.7 Å². The molecule has 2 aromatic carbocycles. The number of aliphatic hydroxyl groups is 1. The van der Waals surface area contributed by atoms with E-state index in [0.717, 1.165) is 47.2 Å². The monoisotopic (exact) mass is 505 g/mol. The molecule has 0 bridgehead atoms. The lowest BCUT2D eigenvalue weighted by atomic mass is 9.86. The molecular formula is C30H39N3O4. The Morgan fingerprint density at radius 3 is 2.54 bits per heavy atom. The zero-order valence-electron chi connectivity index (χ0n) is 21.7. The Morgan fingerprint density at radius 2 is 1.86 bits per heavy atom. The molecule has 4 rings (SSSR count). The molecule has 0 spiro atoms. The number of anilines is 1. The summed E-state index contributed by atoms with van der Waals surface area (Å²) in [6.45, 7) is 3.83. The van der Waals surface area contributed by atoms with E-state index in [1.54, 1.807) is 4.90 Å². The van der Waals surface area contributed by atoms with E-state index in [2.05, 4.69) is 11.4 Å². The molecule has 1 fully saturated rings. The van der Waals surface area contributed by atoms with Crippen molar-refractivity contribution in [1.29, 1.82) is 0 Å². The van der Waals surface area contributed by atoms with Crippen LogP contribution in [0.4, 0.5) is 5.69 Å². The van der Waals surface area contributed by atoms with Crippen LogP contribution in [-0.4, -0.2) is 54.4 Å². The maximum Gasteiger partial charge on any atom is 0.310 e. The normalized spacial score (nSPS) is 17.1. The third-order valence-corrected chi connectivity index (χ3v) is 7.15. The largest absolute Gasteiger partial charge is 0.465 e. The zero-order chi connectivity index (χ0) is 26.2. The number of aliphatic hydroxyl groups excluding tert-OH is 1. The van der Waals surface area contributed by atoms with Crippen LogP contribution in [0.1, 0.15) is 56.6 Å². The highest BCUT2D eigenvalue weighted by Crippen LogP contribution is 2.31. The number of rotatable bonds is 11. The second-order valence-electron chi connectivity index (χ2n) is 10.1. The molecule has 1 amide bonds. The number of ether oxygens (including phenoxy) is 1. The van der Waals surface area contributed by atoms with Crippen molar-refractivity contribution in [1.82, 2.24) is 4.90 Å². The molecule has 1 aliphatic heterocycles. The van der Waals surface area contributed by atoms with E-state index in [9.17, 15) is 14.7 Å².